The van der Waals surface area contributed by atoms with Crippen molar-refractivity contribution < 1.29 is 23.1 Å². The molecule has 0 saturated heterocycles. The summed E-state index contributed by atoms with van der Waals surface area (Å²) in [6.07, 6.45) is 0. The van der Waals surface area contributed by atoms with Crippen LogP contribution in [-0.2, 0) is 19.6 Å². The normalized spacial score (nSPS) is 13.1. The molecule has 1 atom stereocenters. The van der Waals surface area contributed by atoms with Crippen molar-refractivity contribution in [2.75, 3.05) is 13.7 Å². The maximum Gasteiger partial charge on any atom is 0.326 e. The molecule has 0 spiro atoms. The monoisotopic (exact) mass is 337 g/mol. The number of esters is 1. The predicted molar refractivity (Wildman–Crippen MR) is 67.4 cm³/mol. The van der Waals surface area contributed by atoms with E-state index < -0.39 is 28.6 Å². The van der Waals surface area contributed by atoms with Gasteiger partial charge in [0.2, 0.25) is 10.0 Å². The first-order valence-corrected chi connectivity index (χ1v) is 7.15. The van der Waals surface area contributed by atoms with Crippen LogP contribution < -0.4 is 4.72 Å². The third kappa shape index (κ3) is 3.77. The molecular formula is C10H12BrNO5S. The fourth-order valence-electron chi connectivity index (χ4n) is 1.17. The molecule has 6 nitrogen and oxygen atoms in total. The Morgan fingerprint density at radius 3 is 2.44 bits per heavy atom. The van der Waals surface area contributed by atoms with Crippen LogP contribution in [0.25, 0.3) is 0 Å². The smallest absolute Gasteiger partial charge is 0.326 e. The summed E-state index contributed by atoms with van der Waals surface area (Å²) in [7, 11) is -2.77. The van der Waals surface area contributed by atoms with E-state index in [4.69, 9.17) is 5.11 Å². The second-order valence-electron chi connectivity index (χ2n) is 3.33. The largest absolute Gasteiger partial charge is 0.468 e. The number of aliphatic hydroxyl groups is 1. The van der Waals surface area contributed by atoms with Gasteiger partial charge in [0, 0.05) is 4.47 Å². The van der Waals surface area contributed by atoms with Crippen molar-refractivity contribution in [1.29, 1.82) is 0 Å². The number of nitrogens with one attached hydrogen (secondary N) is 1. The van der Waals surface area contributed by atoms with Gasteiger partial charge in [0.05, 0.1) is 18.6 Å². The van der Waals surface area contributed by atoms with Crippen LogP contribution in [0.2, 0.25) is 0 Å². The summed E-state index contributed by atoms with van der Waals surface area (Å²) in [5.74, 6) is -0.849. The van der Waals surface area contributed by atoms with Gasteiger partial charge in [0.25, 0.3) is 0 Å². The number of methoxy groups -OCH3 is 1. The van der Waals surface area contributed by atoms with E-state index in [0.29, 0.717) is 0 Å². The molecule has 100 valence electrons. The number of halogens is 1. The lowest BCUT2D eigenvalue weighted by atomic mass is 10.3. The summed E-state index contributed by atoms with van der Waals surface area (Å²) < 4.78 is 30.9. The number of benzene rings is 1. The molecule has 18 heavy (non-hydrogen) atoms. The number of sulfonamides is 1. The Morgan fingerprint density at radius 1 is 1.44 bits per heavy atom. The Kier molecular flexibility index (Phi) is 5.27. The Balaban J connectivity index is 2.94. The SMILES string of the molecule is COC(=O)C(CO)NS(=O)(=O)c1ccc(Br)cc1. The van der Waals surface area contributed by atoms with Gasteiger partial charge in [-0.05, 0) is 24.3 Å². The van der Waals surface area contributed by atoms with Gasteiger partial charge in [-0.25, -0.2) is 8.42 Å². The molecule has 1 aromatic carbocycles. The molecule has 0 aliphatic heterocycles. The van der Waals surface area contributed by atoms with E-state index in [1.54, 1.807) is 12.1 Å². The Morgan fingerprint density at radius 2 is 2.00 bits per heavy atom. The van der Waals surface area contributed by atoms with Gasteiger partial charge in [0.15, 0.2) is 0 Å². The number of hydrogen-bond acceptors (Lipinski definition) is 5. The average molecular weight is 338 g/mol. The number of carbonyl (C=O) groups excluding carboxylic acids is 1. The lowest BCUT2D eigenvalue weighted by Crippen LogP contribution is -2.43. The third-order valence-corrected chi connectivity index (χ3v) is 4.11. The van der Waals surface area contributed by atoms with Crippen LogP contribution >= 0.6 is 15.9 Å². The maximum atomic E-state index is 11.9. The summed E-state index contributed by atoms with van der Waals surface area (Å²) in [6.45, 7) is -0.678. The molecule has 0 bridgehead atoms. The van der Waals surface area contributed by atoms with Gasteiger partial charge in [-0.3, -0.25) is 4.79 Å². The summed E-state index contributed by atoms with van der Waals surface area (Å²) in [5, 5.41) is 8.95. The number of aliphatic hydroxyl groups excluding tert-OH is 1. The highest BCUT2D eigenvalue weighted by atomic mass is 79.9. The molecule has 2 N–H and O–H groups in total. The van der Waals surface area contributed by atoms with E-state index in [-0.39, 0.29) is 4.90 Å². The van der Waals surface area contributed by atoms with E-state index in [1.165, 1.54) is 12.1 Å². The van der Waals surface area contributed by atoms with E-state index in [1.807, 2.05) is 0 Å². The van der Waals surface area contributed by atoms with Gasteiger partial charge >= 0.3 is 5.97 Å². The summed E-state index contributed by atoms with van der Waals surface area (Å²) >= 11 is 3.18. The van der Waals surface area contributed by atoms with E-state index in [2.05, 4.69) is 25.4 Å². The first-order chi connectivity index (χ1) is 8.40. The standard InChI is InChI=1S/C10H12BrNO5S/c1-17-10(14)9(6-13)12-18(15,16)8-4-2-7(11)3-5-8/h2-5,9,12-13H,6H2,1H3. The summed E-state index contributed by atoms with van der Waals surface area (Å²) in [5.41, 5.74) is 0. The average Bonchev–Trinajstić information content (AvgIpc) is 2.35. The molecule has 0 aliphatic carbocycles. The van der Waals surface area contributed by atoms with Gasteiger partial charge in [-0.15, -0.1) is 0 Å². The van der Waals surface area contributed by atoms with Gasteiger partial charge in [-0.1, -0.05) is 15.9 Å². The molecule has 1 unspecified atom stereocenters. The third-order valence-electron chi connectivity index (χ3n) is 2.09. The minimum Gasteiger partial charge on any atom is -0.468 e. The highest BCUT2D eigenvalue weighted by Gasteiger charge is 2.25. The van der Waals surface area contributed by atoms with Crippen LogP contribution in [0.5, 0.6) is 0 Å². The molecule has 1 aromatic rings. The minimum atomic E-state index is -3.88. The Hall–Kier alpha value is -0.960. The maximum absolute atomic E-state index is 11.9. The van der Waals surface area contributed by atoms with Crippen LogP contribution in [0, 0.1) is 0 Å². The van der Waals surface area contributed by atoms with Crippen molar-refractivity contribution in [3.8, 4) is 0 Å². The lowest BCUT2D eigenvalue weighted by Gasteiger charge is -2.14. The van der Waals surface area contributed by atoms with Gasteiger partial charge in [-0.2, -0.15) is 4.72 Å². The van der Waals surface area contributed by atoms with E-state index in [0.717, 1.165) is 11.6 Å². The van der Waals surface area contributed by atoms with Crippen LogP contribution in [0.1, 0.15) is 0 Å². The molecule has 0 saturated carbocycles. The first-order valence-electron chi connectivity index (χ1n) is 4.87. The molecule has 1 rings (SSSR count). The van der Waals surface area contributed by atoms with E-state index >= 15 is 0 Å². The zero-order chi connectivity index (χ0) is 13.8. The molecule has 8 heteroatoms. The number of hydrogen-bond donors (Lipinski definition) is 2. The van der Waals surface area contributed by atoms with Crippen LogP contribution in [0.4, 0.5) is 0 Å². The first kappa shape index (κ1) is 15.1. The second-order valence-corrected chi connectivity index (χ2v) is 5.96. The van der Waals surface area contributed by atoms with Crippen molar-refractivity contribution in [3.63, 3.8) is 0 Å². The van der Waals surface area contributed by atoms with Crippen molar-refractivity contribution >= 4 is 31.9 Å². The van der Waals surface area contributed by atoms with Gasteiger partial charge < -0.3 is 9.84 Å². The molecule has 0 aromatic heterocycles. The number of carbonyl (C=O) groups is 1. The topological polar surface area (TPSA) is 92.7 Å². The number of rotatable bonds is 5. The zero-order valence-electron chi connectivity index (χ0n) is 9.46. The Bertz CT molecular complexity index is 514. The second kappa shape index (κ2) is 6.28. The molecule has 0 fully saturated rings. The zero-order valence-corrected chi connectivity index (χ0v) is 11.9. The molecule has 0 radical (unpaired) electrons. The van der Waals surface area contributed by atoms with Crippen LogP contribution in [-0.4, -0.2) is 39.3 Å². The minimum absolute atomic E-state index is 0.00643. The fraction of sp³-hybridized carbons (Fsp3) is 0.300. The quantitative estimate of drug-likeness (QED) is 0.752. The van der Waals surface area contributed by atoms with E-state index in [9.17, 15) is 13.2 Å². The molecule has 0 heterocycles. The van der Waals surface area contributed by atoms with Crippen LogP contribution in [0.15, 0.2) is 33.6 Å². The van der Waals surface area contributed by atoms with Gasteiger partial charge in [0.1, 0.15) is 6.04 Å². The lowest BCUT2D eigenvalue weighted by molar-refractivity contribution is -0.143. The summed E-state index contributed by atoms with van der Waals surface area (Å²) in [6, 6.07) is 4.54. The highest BCUT2D eigenvalue weighted by Crippen LogP contribution is 2.14. The molecular weight excluding hydrogens is 326 g/mol. The van der Waals surface area contributed by atoms with Crippen molar-refractivity contribution in [1.82, 2.24) is 4.72 Å². The fourth-order valence-corrected chi connectivity index (χ4v) is 2.61. The van der Waals surface area contributed by atoms with Crippen molar-refractivity contribution in [2.45, 2.75) is 10.9 Å². The van der Waals surface area contributed by atoms with Crippen molar-refractivity contribution in [2.24, 2.45) is 0 Å². The Labute approximate surface area is 113 Å². The molecule has 0 aliphatic rings. The number of ether oxygens (including phenoxy) is 1. The predicted octanol–water partition coefficient (Wildman–Crippen LogP) is 0.261. The van der Waals surface area contributed by atoms with Crippen LogP contribution in [0.3, 0.4) is 0 Å². The summed E-state index contributed by atoms with van der Waals surface area (Å²) in [4.78, 5) is 11.2. The highest BCUT2D eigenvalue weighted by molar-refractivity contribution is 9.10. The van der Waals surface area contributed by atoms with Crippen molar-refractivity contribution in [3.05, 3.63) is 28.7 Å². The molecule has 0 amide bonds.